The molecule has 204 valence electrons. The van der Waals surface area contributed by atoms with Crippen LogP contribution in [0.15, 0.2) is 83.7 Å². The Hall–Kier alpha value is -4.70. The number of nitrogens with one attached hydrogen (secondary N) is 2. The number of ether oxygens (including phenoxy) is 1. The highest BCUT2D eigenvalue weighted by Crippen LogP contribution is 2.24. The van der Waals surface area contributed by atoms with Gasteiger partial charge in [-0.1, -0.05) is 30.3 Å². The molecule has 3 heterocycles. The fraction of sp³-hybridized carbons (Fsp3) is 0.267. The fourth-order valence-electron chi connectivity index (χ4n) is 5.51. The molecule has 0 spiro atoms. The molecule has 0 aliphatic carbocycles. The quantitative estimate of drug-likeness (QED) is 0.278. The second-order valence-corrected chi connectivity index (χ2v) is 10.0. The lowest BCUT2D eigenvalue weighted by Gasteiger charge is -2.37. The van der Waals surface area contributed by atoms with Crippen LogP contribution in [0.2, 0.25) is 0 Å². The highest BCUT2D eigenvalue weighted by Gasteiger charge is 2.36. The molecule has 1 fully saturated rings. The highest BCUT2D eigenvalue weighted by molar-refractivity contribution is 5.80. The van der Waals surface area contributed by atoms with Crippen LogP contribution in [0, 0.1) is 0 Å². The number of aromatic amines is 1. The van der Waals surface area contributed by atoms with Gasteiger partial charge in [-0.3, -0.25) is 4.79 Å². The molecule has 10 heteroatoms. The fourth-order valence-corrected chi connectivity index (χ4v) is 5.51. The van der Waals surface area contributed by atoms with Gasteiger partial charge < -0.3 is 24.6 Å². The molecule has 6 rings (SSSR count). The number of H-pyrrole nitrogens is 1. The van der Waals surface area contributed by atoms with Gasteiger partial charge in [0.05, 0.1) is 44.9 Å². The Morgan fingerprint density at radius 1 is 1.02 bits per heavy atom. The standard InChI is InChI=1S/C30H31N7O3/c1-2-40-25-12-13-27-22(18-25)19-26(30(39)31-27)28(29-32-33-34-37(29)20-21-6-4-3-5-7-21)36-16-14-35(15-17-36)23-8-10-24(38)11-9-23/h3-13,18-19,28,38H,2,14-17,20H2,1H3,(H,31,39)/p+1/t28-/m1/s1. The van der Waals surface area contributed by atoms with Gasteiger partial charge in [-0.05, 0) is 71.4 Å². The second-order valence-electron chi connectivity index (χ2n) is 10.0. The third kappa shape index (κ3) is 5.26. The van der Waals surface area contributed by atoms with E-state index in [1.165, 1.54) is 4.90 Å². The summed E-state index contributed by atoms with van der Waals surface area (Å²) in [6.07, 6.45) is 0. The average molecular weight is 539 g/mol. The van der Waals surface area contributed by atoms with Crippen LogP contribution >= 0.6 is 0 Å². The van der Waals surface area contributed by atoms with E-state index in [1.807, 2.05) is 73.7 Å². The molecule has 0 amide bonds. The minimum atomic E-state index is -0.371. The number of anilines is 1. The number of tetrazole rings is 1. The molecular formula is C30H32N7O3+. The summed E-state index contributed by atoms with van der Waals surface area (Å²) in [6.45, 7) is 6.15. The van der Waals surface area contributed by atoms with Gasteiger partial charge in [0.1, 0.15) is 11.5 Å². The van der Waals surface area contributed by atoms with Gasteiger partial charge in [0.15, 0.2) is 6.04 Å². The molecule has 0 radical (unpaired) electrons. The van der Waals surface area contributed by atoms with Crippen LogP contribution in [-0.2, 0) is 6.54 Å². The van der Waals surface area contributed by atoms with E-state index < -0.39 is 0 Å². The Bertz CT molecular complexity index is 1640. The molecule has 3 aromatic carbocycles. The number of hydrogen-bond donors (Lipinski definition) is 3. The van der Waals surface area contributed by atoms with Crippen LogP contribution in [0.3, 0.4) is 0 Å². The summed E-state index contributed by atoms with van der Waals surface area (Å²) in [5, 5.41) is 23.5. The number of hydrogen-bond acceptors (Lipinski definition) is 7. The number of nitrogens with zero attached hydrogens (tertiary/aromatic N) is 5. The topological polar surface area (TPSA) is 114 Å². The van der Waals surface area contributed by atoms with Crippen LogP contribution in [-0.4, -0.2) is 63.1 Å². The Balaban J connectivity index is 1.38. The van der Waals surface area contributed by atoms with Crippen molar-refractivity contribution in [3.05, 3.63) is 106 Å². The summed E-state index contributed by atoms with van der Waals surface area (Å²) >= 11 is 0. The minimum absolute atomic E-state index is 0.149. The zero-order valence-corrected chi connectivity index (χ0v) is 22.3. The first kappa shape index (κ1) is 25.6. The molecule has 5 aromatic rings. The monoisotopic (exact) mass is 538 g/mol. The van der Waals surface area contributed by atoms with Crippen molar-refractivity contribution in [2.24, 2.45) is 0 Å². The number of aromatic nitrogens is 5. The van der Waals surface area contributed by atoms with Crippen molar-refractivity contribution in [3.63, 3.8) is 0 Å². The highest BCUT2D eigenvalue weighted by atomic mass is 16.5. The Morgan fingerprint density at radius 2 is 1.80 bits per heavy atom. The normalized spacial score (nSPS) is 14.9. The largest absolute Gasteiger partial charge is 0.508 e. The van der Waals surface area contributed by atoms with Crippen LogP contribution in [0.1, 0.15) is 29.9 Å². The predicted molar refractivity (Wildman–Crippen MR) is 152 cm³/mol. The summed E-state index contributed by atoms with van der Waals surface area (Å²) in [5.41, 5.74) is 3.37. The number of benzene rings is 3. The van der Waals surface area contributed by atoms with Crippen molar-refractivity contribution in [1.82, 2.24) is 25.2 Å². The summed E-state index contributed by atoms with van der Waals surface area (Å²) in [7, 11) is 0. The van der Waals surface area contributed by atoms with E-state index >= 15 is 0 Å². The molecule has 10 nitrogen and oxygen atoms in total. The van der Waals surface area contributed by atoms with E-state index in [-0.39, 0.29) is 17.4 Å². The molecule has 1 saturated heterocycles. The number of fused-ring (bicyclic) bond motifs is 1. The van der Waals surface area contributed by atoms with E-state index in [2.05, 4.69) is 25.4 Å². The van der Waals surface area contributed by atoms with Crippen LogP contribution in [0.4, 0.5) is 5.69 Å². The third-order valence-corrected chi connectivity index (χ3v) is 7.49. The zero-order valence-electron chi connectivity index (χ0n) is 22.3. The average Bonchev–Trinajstić information content (AvgIpc) is 3.42. The molecule has 1 aliphatic heterocycles. The Labute approximate surface area is 231 Å². The van der Waals surface area contributed by atoms with E-state index in [0.29, 0.717) is 24.5 Å². The maximum Gasteiger partial charge on any atom is 0.258 e. The van der Waals surface area contributed by atoms with Gasteiger partial charge >= 0.3 is 0 Å². The van der Waals surface area contributed by atoms with E-state index in [4.69, 9.17) is 4.74 Å². The van der Waals surface area contributed by atoms with Crippen LogP contribution in [0.5, 0.6) is 11.5 Å². The first-order valence-electron chi connectivity index (χ1n) is 13.6. The van der Waals surface area contributed by atoms with Gasteiger partial charge in [0.2, 0.25) is 5.82 Å². The Kier molecular flexibility index (Phi) is 7.15. The number of aromatic hydroxyl groups is 1. The summed E-state index contributed by atoms with van der Waals surface area (Å²) < 4.78 is 7.53. The molecule has 0 saturated carbocycles. The lowest BCUT2D eigenvalue weighted by Crippen LogP contribution is -3.15. The van der Waals surface area contributed by atoms with E-state index in [1.54, 1.807) is 16.8 Å². The Morgan fingerprint density at radius 3 is 2.55 bits per heavy atom. The summed E-state index contributed by atoms with van der Waals surface area (Å²) in [6, 6.07) is 24.6. The van der Waals surface area contributed by atoms with Crippen LogP contribution in [0.25, 0.3) is 10.9 Å². The van der Waals surface area contributed by atoms with Crippen molar-refractivity contribution >= 4 is 16.6 Å². The molecular weight excluding hydrogens is 506 g/mol. The molecule has 0 unspecified atom stereocenters. The molecule has 40 heavy (non-hydrogen) atoms. The van der Waals surface area contributed by atoms with Gasteiger partial charge in [-0.25, -0.2) is 4.68 Å². The van der Waals surface area contributed by atoms with E-state index in [9.17, 15) is 9.90 Å². The number of piperazine rings is 1. The van der Waals surface area contributed by atoms with Gasteiger partial charge in [0.25, 0.3) is 5.56 Å². The maximum atomic E-state index is 13.6. The van der Waals surface area contributed by atoms with E-state index in [0.717, 1.165) is 54.1 Å². The van der Waals surface area contributed by atoms with Gasteiger partial charge in [-0.2, -0.15) is 0 Å². The smallest absolute Gasteiger partial charge is 0.258 e. The molecule has 1 atom stereocenters. The van der Waals surface area contributed by atoms with Gasteiger partial charge in [0, 0.05) is 16.6 Å². The lowest BCUT2D eigenvalue weighted by atomic mass is 10.0. The first-order chi connectivity index (χ1) is 19.6. The van der Waals surface area contributed by atoms with Crippen molar-refractivity contribution in [2.45, 2.75) is 19.5 Å². The maximum absolute atomic E-state index is 13.6. The molecule has 0 bridgehead atoms. The summed E-state index contributed by atoms with van der Waals surface area (Å²) in [5.74, 6) is 1.66. The summed E-state index contributed by atoms with van der Waals surface area (Å²) in [4.78, 5) is 20.2. The second kappa shape index (κ2) is 11.2. The molecule has 1 aliphatic rings. The lowest BCUT2D eigenvalue weighted by molar-refractivity contribution is -0.927. The first-order valence-corrected chi connectivity index (χ1v) is 13.6. The van der Waals surface area contributed by atoms with Crippen molar-refractivity contribution in [2.75, 3.05) is 37.7 Å². The van der Waals surface area contributed by atoms with Crippen molar-refractivity contribution in [1.29, 1.82) is 0 Å². The number of quaternary nitrogens is 1. The third-order valence-electron chi connectivity index (χ3n) is 7.49. The van der Waals surface area contributed by atoms with Crippen LogP contribution < -0.4 is 20.1 Å². The van der Waals surface area contributed by atoms with Gasteiger partial charge in [-0.15, -0.1) is 5.10 Å². The van der Waals surface area contributed by atoms with Crippen molar-refractivity contribution < 1.29 is 14.7 Å². The number of phenolic OH excluding ortho intramolecular Hbond substituents is 1. The number of pyridine rings is 1. The predicted octanol–water partition coefficient (Wildman–Crippen LogP) is 2.16. The number of rotatable bonds is 8. The molecule has 2 aromatic heterocycles. The number of phenols is 1. The minimum Gasteiger partial charge on any atom is -0.508 e. The zero-order chi connectivity index (χ0) is 27.5. The van der Waals surface area contributed by atoms with Crippen molar-refractivity contribution in [3.8, 4) is 11.5 Å². The SMILES string of the molecule is CCOc1ccc2[nH]c(=O)c([C@H](c3nnnn3Cc3ccccc3)[NH+]3CCN(c4ccc(O)cc4)CC3)cc2c1. The molecule has 3 N–H and O–H groups in total.